The Balaban J connectivity index is 1.47. The van der Waals surface area contributed by atoms with Crippen LogP contribution < -0.4 is 4.74 Å². The summed E-state index contributed by atoms with van der Waals surface area (Å²) in [6.07, 6.45) is 5.78. The van der Waals surface area contributed by atoms with Crippen molar-refractivity contribution in [3.63, 3.8) is 0 Å². The molecule has 178 valence electrons. The summed E-state index contributed by atoms with van der Waals surface area (Å²) in [5.74, 6) is -1.53. The van der Waals surface area contributed by atoms with Gasteiger partial charge in [0.15, 0.2) is 5.78 Å². The predicted molar refractivity (Wildman–Crippen MR) is 127 cm³/mol. The van der Waals surface area contributed by atoms with Gasteiger partial charge in [0, 0.05) is 22.2 Å². The molecule has 0 aliphatic heterocycles. The number of ether oxygens (including phenoxy) is 1. The molecule has 0 amide bonds. The Morgan fingerprint density at radius 1 is 1.09 bits per heavy atom. The minimum Gasteiger partial charge on any atom is -0.490 e. The van der Waals surface area contributed by atoms with E-state index in [9.17, 15) is 18.7 Å². The molecule has 0 saturated heterocycles. The fourth-order valence-electron chi connectivity index (χ4n) is 3.42. The molecule has 1 aromatic heterocycles. The van der Waals surface area contributed by atoms with Gasteiger partial charge >= 0.3 is 0 Å². The van der Waals surface area contributed by atoms with Crippen LogP contribution in [0.2, 0.25) is 5.02 Å². The van der Waals surface area contributed by atoms with Gasteiger partial charge in [-0.05, 0) is 54.1 Å². The van der Waals surface area contributed by atoms with Gasteiger partial charge in [0.2, 0.25) is 0 Å². The number of halogens is 3. The Kier molecular flexibility index (Phi) is 7.33. The number of aromatic nitrogens is 3. The number of nitrogens with zero attached hydrogens (tertiary/aromatic N) is 3. The molecule has 1 heterocycles. The van der Waals surface area contributed by atoms with Gasteiger partial charge in [-0.25, -0.2) is 18.4 Å². The van der Waals surface area contributed by atoms with E-state index >= 15 is 0 Å². The number of rotatable bonds is 9. The topological polar surface area (TPSA) is 77.2 Å². The maximum Gasteiger partial charge on any atom is 0.185 e. The molecule has 0 aliphatic rings. The molecule has 1 atom stereocenters. The maximum atomic E-state index is 14.5. The highest BCUT2D eigenvalue weighted by molar-refractivity contribution is 6.30. The first-order chi connectivity index (χ1) is 16.8. The summed E-state index contributed by atoms with van der Waals surface area (Å²) < 4.78 is 35.0. The molecular formula is C26H20ClF2N3O3. The average Bonchev–Trinajstić information content (AvgIpc) is 3.35. The van der Waals surface area contributed by atoms with Crippen LogP contribution in [0.25, 0.3) is 6.08 Å². The molecule has 1 N–H and O–H groups in total. The molecule has 0 saturated carbocycles. The Labute approximate surface area is 205 Å². The molecule has 35 heavy (non-hydrogen) atoms. The van der Waals surface area contributed by atoms with Crippen molar-refractivity contribution >= 4 is 23.5 Å². The van der Waals surface area contributed by atoms with E-state index in [-0.39, 0.29) is 24.5 Å². The van der Waals surface area contributed by atoms with Gasteiger partial charge < -0.3 is 9.84 Å². The van der Waals surface area contributed by atoms with E-state index in [0.29, 0.717) is 22.4 Å². The van der Waals surface area contributed by atoms with Crippen LogP contribution in [-0.4, -0.2) is 32.3 Å². The summed E-state index contributed by atoms with van der Waals surface area (Å²) in [7, 11) is 0. The van der Waals surface area contributed by atoms with Crippen molar-refractivity contribution < 1.29 is 23.4 Å². The van der Waals surface area contributed by atoms with Crippen molar-refractivity contribution in [2.24, 2.45) is 0 Å². The van der Waals surface area contributed by atoms with E-state index in [2.05, 4.69) is 10.1 Å². The third-order valence-electron chi connectivity index (χ3n) is 5.24. The van der Waals surface area contributed by atoms with Crippen LogP contribution in [0.4, 0.5) is 8.78 Å². The number of allylic oxidation sites excluding steroid dienone is 1. The van der Waals surface area contributed by atoms with E-state index in [1.165, 1.54) is 29.5 Å². The average molecular weight is 496 g/mol. The molecule has 0 spiro atoms. The number of ketones is 1. The number of aliphatic hydroxyl groups is 1. The third kappa shape index (κ3) is 6.17. The number of hydrogen-bond donors (Lipinski definition) is 1. The SMILES string of the molecule is O=C(/C=C/c1ccc(Cl)cc1)c1ccc(OC[C@](O)(Cn2cncn2)c2ccc(F)cc2F)cc1. The van der Waals surface area contributed by atoms with Crippen molar-refractivity contribution in [2.75, 3.05) is 6.61 Å². The van der Waals surface area contributed by atoms with Gasteiger partial charge in [-0.3, -0.25) is 4.79 Å². The fourth-order valence-corrected chi connectivity index (χ4v) is 3.54. The second-order valence-corrected chi connectivity index (χ2v) is 8.25. The van der Waals surface area contributed by atoms with Gasteiger partial charge in [-0.1, -0.05) is 35.9 Å². The van der Waals surface area contributed by atoms with Crippen LogP contribution in [-0.2, 0) is 12.1 Å². The highest BCUT2D eigenvalue weighted by atomic mass is 35.5. The van der Waals surface area contributed by atoms with E-state index in [4.69, 9.17) is 16.3 Å². The van der Waals surface area contributed by atoms with Crippen LogP contribution in [0.15, 0.2) is 85.5 Å². The van der Waals surface area contributed by atoms with Gasteiger partial charge in [-0.15, -0.1) is 0 Å². The van der Waals surface area contributed by atoms with Gasteiger partial charge in [0.25, 0.3) is 0 Å². The first-order valence-electron chi connectivity index (χ1n) is 10.5. The molecule has 0 fully saturated rings. The summed E-state index contributed by atoms with van der Waals surface area (Å²) >= 11 is 5.86. The zero-order chi connectivity index (χ0) is 24.8. The predicted octanol–water partition coefficient (Wildman–Crippen LogP) is 5.07. The molecule has 0 aliphatic carbocycles. The van der Waals surface area contributed by atoms with Crippen LogP contribution in [0.1, 0.15) is 21.5 Å². The largest absolute Gasteiger partial charge is 0.490 e. The Morgan fingerprint density at radius 3 is 2.49 bits per heavy atom. The summed E-state index contributed by atoms with van der Waals surface area (Å²) in [6.45, 7) is -0.541. The van der Waals surface area contributed by atoms with E-state index in [0.717, 1.165) is 11.6 Å². The Hall–Kier alpha value is -3.88. The number of carbonyl (C=O) groups excluding carboxylic acids is 1. The Bertz CT molecular complexity index is 1330. The lowest BCUT2D eigenvalue weighted by atomic mass is 9.94. The zero-order valence-electron chi connectivity index (χ0n) is 18.3. The molecule has 0 bridgehead atoms. The standard InChI is InChI=1S/C26H20ClF2N3O3/c27-20-6-1-18(2-7-20)3-12-25(33)19-4-9-22(10-5-19)35-15-26(34,14-32-17-30-16-31-32)23-11-8-21(28)13-24(23)29/h1-13,16-17,34H,14-15H2/b12-3+/t26-/m1/s1. The lowest BCUT2D eigenvalue weighted by Gasteiger charge is -2.29. The summed E-state index contributed by atoms with van der Waals surface area (Å²) in [5.41, 5.74) is -0.748. The molecule has 4 rings (SSSR count). The third-order valence-corrected chi connectivity index (χ3v) is 5.49. The summed E-state index contributed by atoms with van der Waals surface area (Å²) in [6, 6.07) is 16.3. The van der Waals surface area contributed by atoms with E-state index in [1.807, 2.05) is 0 Å². The molecule has 0 radical (unpaired) electrons. The van der Waals surface area contributed by atoms with Crippen molar-refractivity contribution in [2.45, 2.75) is 12.1 Å². The summed E-state index contributed by atoms with van der Waals surface area (Å²) in [4.78, 5) is 16.3. The van der Waals surface area contributed by atoms with Crippen molar-refractivity contribution in [3.05, 3.63) is 119 Å². The van der Waals surface area contributed by atoms with Crippen molar-refractivity contribution in [1.82, 2.24) is 14.8 Å². The van der Waals surface area contributed by atoms with Gasteiger partial charge in [0.1, 0.15) is 42.2 Å². The Morgan fingerprint density at radius 2 is 1.83 bits per heavy atom. The highest BCUT2D eigenvalue weighted by Crippen LogP contribution is 2.28. The van der Waals surface area contributed by atoms with Crippen LogP contribution >= 0.6 is 11.6 Å². The lowest BCUT2D eigenvalue weighted by Crippen LogP contribution is -2.39. The monoisotopic (exact) mass is 495 g/mol. The molecule has 9 heteroatoms. The zero-order valence-corrected chi connectivity index (χ0v) is 19.1. The fraction of sp³-hybridized carbons (Fsp3) is 0.115. The second kappa shape index (κ2) is 10.6. The molecule has 0 unspecified atom stereocenters. The smallest absolute Gasteiger partial charge is 0.185 e. The molecule has 3 aromatic carbocycles. The van der Waals surface area contributed by atoms with E-state index < -0.39 is 17.2 Å². The van der Waals surface area contributed by atoms with Crippen molar-refractivity contribution in [1.29, 1.82) is 0 Å². The normalized spacial score (nSPS) is 13.0. The maximum absolute atomic E-state index is 14.5. The first-order valence-corrected chi connectivity index (χ1v) is 10.9. The van der Waals surface area contributed by atoms with Gasteiger partial charge in [-0.2, -0.15) is 5.10 Å². The first kappa shape index (κ1) is 24.3. The number of benzene rings is 3. The van der Waals surface area contributed by atoms with Gasteiger partial charge in [0.05, 0.1) is 6.54 Å². The minimum atomic E-state index is -1.87. The highest BCUT2D eigenvalue weighted by Gasteiger charge is 2.34. The van der Waals surface area contributed by atoms with Crippen LogP contribution in [0, 0.1) is 11.6 Å². The number of carbonyl (C=O) groups is 1. The van der Waals surface area contributed by atoms with Crippen molar-refractivity contribution in [3.8, 4) is 5.75 Å². The summed E-state index contributed by atoms with van der Waals surface area (Å²) in [5, 5.41) is 15.8. The number of hydrogen-bond acceptors (Lipinski definition) is 5. The van der Waals surface area contributed by atoms with Crippen LogP contribution in [0.3, 0.4) is 0 Å². The molecular weight excluding hydrogens is 476 g/mol. The lowest BCUT2D eigenvalue weighted by molar-refractivity contribution is -0.0297. The minimum absolute atomic E-state index is 0.145. The molecule has 4 aromatic rings. The molecule has 6 nitrogen and oxygen atoms in total. The van der Waals surface area contributed by atoms with E-state index in [1.54, 1.807) is 54.6 Å². The van der Waals surface area contributed by atoms with Crippen LogP contribution in [0.5, 0.6) is 5.75 Å². The quantitative estimate of drug-likeness (QED) is 0.259. The second-order valence-electron chi connectivity index (χ2n) is 7.81.